The van der Waals surface area contributed by atoms with Crippen LogP contribution in [0.1, 0.15) is 105 Å². The molecule has 0 amide bonds. The highest BCUT2D eigenvalue weighted by molar-refractivity contribution is 5.25. The van der Waals surface area contributed by atoms with Crippen molar-refractivity contribution in [3.05, 3.63) is 141 Å². The summed E-state index contributed by atoms with van der Waals surface area (Å²) in [5.74, 6) is 0.989. The fraction of sp³-hybridized carbons (Fsp3) is 0.429. The van der Waals surface area contributed by atoms with Crippen molar-refractivity contribution in [1.29, 1.82) is 0 Å². The summed E-state index contributed by atoms with van der Waals surface area (Å²) in [6, 6.07) is 22.3. The Bertz CT molecular complexity index is 1370. The van der Waals surface area contributed by atoms with Gasteiger partial charge in [-0.25, -0.2) is 17.6 Å². The van der Waals surface area contributed by atoms with Gasteiger partial charge >= 0.3 is 0 Å². The average molecular weight is 640 g/mol. The predicted octanol–water partition coefficient (Wildman–Crippen LogP) is 13.7. The molecule has 0 unspecified atom stereocenters. The molecule has 0 saturated heterocycles. The van der Waals surface area contributed by atoms with Crippen LogP contribution >= 0.6 is 0 Å². The Morgan fingerprint density at radius 2 is 0.783 bits per heavy atom. The van der Waals surface area contributed by atoms with E-state index in [4.69, 9.17) is 0 Å². The van der Waals surface area contributed by atoms with Gasteiger partial charge in [0.05, 0.1) is 0 Å². The third-order valence-corrected chi connectivity index (χ3v) is 8.17. The summed E-state index contributed by atoms with van der Waals surface area (Å²) >= 11 is 0. The Hall–Kier alpha value is -3.40. The van der Waals surface area contributed by atoms with E-state index < -0.39 is 11.6 Å². The first-order chi connectivity index (χ1) is 21.5. The SMILES string of the molecule is CC1CCC(C)CC1.Cc1ccc(C(C)C)cc1.Cc1ccc(C)c(F)c1.Cc1ccc(C)c(F)c1.Cc1ccc(C)c(F)c1F.[2HH]. The van der Waals surface area contributed by atoms with Gasteiger partial charge in [0.2, 0.25) is 0 Å². The largest absolute Gasteiger partial charge is 0.207 e. The summed E-state index contributed by atoms with van der Waals surface area (Å²) < 4.78 is 50.4. The van der Waals surface area contributed by atoms with Crippen molar-refractivity contribution in [2.75, 3.05) is 0 Å². The van der Waals surface area contributed by atoms with Gasteiger partial charge in [-0.1, -0.05) is 120 Å². The third kappa shape index (κ3) is 15.7. The van der Waals surface area contributed by atoms with Crippen molar-refractivity contribution < 1.29 is 19.0 Å². The summed E-state index contributed by atoms with van der Waals surface area (Å²) in [4.78, 5) is 0. The summed E-state index contributed by atoms with van der Waals surface area (Å²) in [7, 11) is 0. The van der Waals surface area contributed by atoms with Crippen LogP contribution in [0.3, 0.4) is 0 Å². The maximum absolute atomic E-state index is 12.6. The van der Waals surface area contributed by atoms with Crippen LogP contribution in [0.25, 0.3) is 0 Å². The molecule has 4 aromatic carbocycles. The molecule has 1 fully saturated rings. The molecule has 0 heterocycles. The van der Waals surface area contributed by atoms with Gasteiger partial charge < -0.3 is 0 Å². The molecule has 4 heteroatoms. The maximum Gasteiger partial charge on any atom is 0.161 e. The lowest BCUT2D eigenvalue weighted by molar-refractivity contribution is 0.308. The van der Waals surface area contributed by atoms with E-state index in [2.05, 4.69) is 58.9 Å². The van der Waals surface area contributed by atoms with Crippen LogP contribution in [-0.2, 0) is 0 Å². The van der Waals surface area contributed by atoms with Gasteiger partial charge in [-0.15, -0.1) is 0 Å². The normalized spacial score (nSPS) is 15.1. The fourth-order valence-corrected chi connectivity index (χ4v) is 4.52. The smallest absolute Gasteiger partial charge is 0.161 e. The van der Waals surface area contributed by atoms with E-state index in [-0.39, 0.29) is 13.1 Å². The second-order valence-electron chi connectivity index (χ2n) is 13.3. The Morgan fingerprint density at radius 3 is 1.07 bits per heavy atom. The Labute approximate surface area is 278 Å². The molecular weight excluding hydrogens is 580 g/mol. The van der Waals surface area contributed by atoms with Crippen LogP contribution in [0.2, 0.25) is 0 Å². The molecule has 0 aromatic heterocycles. The summed E-state index contributed by atoms with van der Waals surface area (Å²) in [5, 5.41) is 0. The predicted molar refractivity (Wildman–Crippen MR) is 192 cm³/mol. The molecule has 1 aliphatic carbocycles. The quantitative estimate of drug-likeness (QED) is 0.182. The highest BCUT2D eigenvalue weighted by atomic mass is 19.2. The molecule has 0 nitrogen and oxygen atoms in total. The Balaban J connectivity index is 0.000000561. The van der Waals surface area contributed by atoms with E-state index in [1.54, 1.807) is 38.1 Å². The van der Waals surface area contributed by atoms with Crippen LogP contribution in [0.5, 0.6) is 0 Å². The van der Waals surface area contributed by atoms with Crippen molar-refractivity contribution >= 4 is 0 Å². The summed E-state index contributed by atoms with van der Waals surface area (Å²) in [5.41, 5.74) is 6.82. The van der Waals surface area contributed by atoms with Gasteiger partial charge in [-0.2, -0.15) is 0 Å². The van der Waals surface area contributed by atoms with Crippen molar-refractivity contribution in [2.45, 2.75) is 108 Å². The third-order valence-electron chi connectivity index (χ3n) is 8.17. The van der Waals surface area contributed by atoms with Gasteiger partial charge in [0.15, 0.2) is 11.6 Å². The van der Waals surface area contributed by atoms with E-state index in [1.165, 1.54) is 62.8 Å². The monoisotopic (exact) mass is 639 g/mol. The minimum absolute atomic E-state index is 0. The second kappa shape index (κ2) is 20.7. The van der Waals surface area contributed by atoms with Crippen molar-refractivity contribution in [3.8, 4) is 0 Å². The highest BCUT2D eigenvalue weighted by Gasteiger charge is 2.13. The van der Waals surface area contributed by atoms with Gasteiger partial charge in [-0.3, -0.25) is 0 Å². The van der Waals surface area contributed by atoms with E-state index in [0.717, 1.165) is 23.0 Å². The van der Waals surface area contributed by atoms with Crippen molar-refractivity contribution in [3.63, 3.8) is 0 Å². The molecule has 0 N–H and O–H groups in total. The Morgan fingerprint density at radius 1 is 0.478 bits per heavy atom. The second-order valence-corrected chi connectivity index (χ2v) is 13.3. The van der Waals surface area contributed by atoms with Crippen LogP contribution in [0, 0.1) is 83.6 Å². The zero-order valence-corrected chi connectivity index (χ0v) is 30.0. The van der Waals surface area contributed by atoms with Gasteiger partial charge in [0.25, 0.3) is 0 Å². The van der Waals surface area contributed by atoms with Crippen molar-refractivity contribution in [2.24, 2.45) is 11.8 Å². The standard InChI is InChI=1S/C10H14.C8H8F2.2C8H9F.C8H16.H2/c1-8(2)10-6-4-9(3)5-7-10;1-5-3-4-6(2)8(10)7(5)9;2*1-6-3-4-7(2)8(9)5-6;1-7-3-5-8(2)6-4-7;/h4-8H,1-3H3;3-4H,1-2H3;2*3-5H,1-2H3;7-8H,3-6H2,1-2H3;1H/i;;;;;1+1. The van der Waals surface area contributed by atoms with Crippen LogP contribution in [0.4, 0.5) is 17.6 Å². The number of halogens is 4. The van der Waals surface area contributed by atoms with E-state index in [1.807, 2.05) is 26.0 Å². The minimum atomic E-state index is -0.736. The van der Waals surface area contributed by atoms with Crippen LogP contribution < -0.4 is 0 Å². The molecule has 0 spiro atoms. The molecule has 0 radical (unpaired) electrons. The van der Waals surface area contributed by atoms with Crippen LogP contribution in [0.15, 0.2) is 72.8 Å². The molecule has 46 heavy (non-hydrogen) atoms. The number of benzene rings is 4. The van der Waals surface area contributed by atoms with E-state index >= 15 is 0 Å². The summed E-state index contributed by atoms with van der Waals surface area (Å²) in [6.45, 7) is 21.6. The number of hydrogen-bond acceptors (Lipinski definition) is 0. The topological polar surface area (TPSA) is 0 Å². The first-order valence-electron chi connectivity index (χ1n) is 16.4. The lowest BCUT2D eigenvalue weighted by atomic mass is 9.84. The fourth-order valence-electron chi connectivity index (χ4n) is 4.52. The average Bonchev–Trinajstić information content (AvgIpc) is 3.01. The molecule has 0 bridgehead atoms. The molecular formula is C42H58F4. The van der Waals surface area contributed by atoms with Crippen molar-refractivity contribution in [1.82, 2.24) is 0 Å². The zero-order valence-electron chi connectivity index (χ0n) is 30.0. The molecule has 5 rings (SSSR count). The zero-order chi connectivity index (χ0) is 35.0. The first kappa shape index (κ1) is 40.6. The first-order valence-corrected chi connectivity index (χ1v) is 16.4. The van der Waals surface area contributed by atoms with E-state index in [0.29, 0.717) is 28.2 Å². The van der Waals surface area contributed by atoms with Gasteiger partial charge in [0.1, 0.15) is 11.6 Å². The molecule has 0 atom stereocenters. The highest BCUT2D eigenvalue weighted by Crippen LogP contribution is 2.27. The number of aryl methyl sites for hydroxylation is 7. The Kier molecular flexibility index (Phi) is 18.3. The summed E-state index contributed by atoms with van der Waals surface area (Å²) in [6.07, 6.45) is 5.89. The minimum Gasteiger partial charge on any atom is -0.207 e. The van der Waals surface area contributed by atoms with Gasteiger partial charge in [-0.05, 0) is 117 Å². The van der Waals surface area contributed by atoms with Gasteiger partial charge in [0, 0.05) is 1.43 Å². The van der Waals surface area contributed by atoms with E-state index in [9.17, 15) is 17.6 Å². The number of hydrogen-bond donors (Lipinski definition) is 0. The van der Waals surface area contributed by atoms with Crippen LogP contribution in [-0.4, -0.2) is 0 Å². The molecule has 0 aliphatic heterocycles. The molecule has 254 valence electrons. The lowest BCUT2D eigenvalue weighted by Crippen LogP contribution is -2.08. The molecule has 1 aliphatic rings. The molecule has 1 saturated carbocycles. The maximum atomic E-state index is 12.6. The number of rotatable bonds is 1. The molecule has 4 aromatic rings. The lowest BCUT2D eigenvalue weighted by Gasteiger charge is -2.22.